The molecule has 1 atom stereocenters. The number of rotatable bonds is 3. The van der Waals surface area contributed by atoms with Gasteiger partial charge in [-0.2, -0.15) is 0 Å². The van der Waals surface area contributed by atoms with Gasteiger partial charge in [-0.25, -0.2) is 8.42 Å². The van der Waals surface area contributed by atoms with Gasteiger partial charge in [-0.05, 0) is 36.5 Å². The molecule has 1 amide bonds. The molecule has 0 spiro atoms. The van der Waals surface area contributed by atoms with Gasteiger partial charge in [-0.15, -0.1) is 10.2 Å². The van der Waals surface area contributed by atoms with Crippen molar-refractivity contribution in [3.63, 3.8) is 0 Å². The second-order valence-corrected chi connectivity index (χ2v) is 9.72. The Hall–Kier alpha value is -1.84. The fraction of sp³-hybridized carbons (Fsp3) is 0.438. The minimum atomic E-state index is -3.36. The summed E-state index contributed by atoms with van der Waals surface area (Å²) in [5, 5.41) is 11.4. The molecule has 1 N–H and O–H groups in total. The lowest BCUT2D eigenvalue weighted by molar-refractivity contribution is -0.117. The van der Waals surface area contributed by atoms with Crippen molar-refractivity contribution in [2.75, 3.05) is 18.1 Å². The summed E-state index contributed by atoms with van der Waals surface area (Å²) in [5.41, 5.74) is 3.35. The molecule has 2 aromatic rings. The van der Waals surface area contributed by atoms with Crippen LogP contribution in [0.3, 0.4) is 0 Å². The molecule has 1 aromatic carbocycles. The number of aryl methyl sites for hydroxylation is 1. The Morgan fingerprint density at radius 1 is 1.36 bits per heavy atom. The highest BCUT2D eigenvalue weighted by Gasteiger charge is 2.33. The van der Waals surface area contributed by atoms with Crippen molar-refractivity contribution in [2.45, 2.75) is 36.2 Å². The summed E-state index contributed by atoms with van der Waals surface area (Å²) in [4.78, 5) is 14.4. The molecule has 1 aromatic heterocycles. The van der Waals surface area contributed by atoms with Crippen LogP contribution in [0.2, 0.25) is 0 Å². The Labute approximate surface area is 150 Å². The summed E-state index contributed by atoms with van der Waals surface area (Å²) in [6.07, 6.45) is 4.17. The lowest BCUT2D eigenvalue weighted by atomic mass is 9.86. The van der Waals surface area contributed by atoms with Crippen LogP contribution in [-0.4, -0.2) is 42.2 Å². The summed E-state index contributed by atoms with van der Waals surface area (Å²) in [5.74, 6) is -0.0596. The van der Waals surface area contributed by atoms with E-state index in [4.69, 9.17) is 0 Å². The van der Waals surface area contributed by atoms with Crippen molar-refractivity contribution in [3.05, 3.63) is 34.3 Å². The van der Waals surface area contributed by atoms with E-state index in [9.17, 15) is 13.2 Å². The maximum atomic E-state index is 12.3. The summed E-state index contributed by atoms with van der Waals surface area (Å²) in [7, 11) is -3.36. The lowest BCUT2D eigenvalue weighted by Gasteiger charge is -2.33. The summed E-state index contributed by atoms with van der Waals surface area (Å²) < 4.78 is 23.2. The quantitative estimate of drug-likeness (QED) is 0.875. The van der Waals surface area contributed by atoms with E-state index in [2.05, 4.69) is 26.5 Å². The van der Waals surface area contributed by atoms with Crippen molar-refractivity contribution < 1.29 is 13.2 Å². The van der Waals surface area contributed by atoms with Gasteiger partial charge in [0.1, 0.15) is 5.01 Å². The zero-order valence-electron chi connectivity index (χ0n) is 13.7. The highest BCUT2D eigenvalue weighted by Crippen LogP contribution is 2.41. The number of carbonyl (C=O) groups is 1. The van der Waals surface area contributed by atoms with Crippen LogP contribution in [0.5, 0.6) is 0 Å². The number of benzene rings is 1. The Bertz CT molecular complexity index is 939. The van der Waals surface area contributed by atoms with E-state index in [-0.39, 0.29) is 22.8 Å². The second kappa shape index (κ2) is 6.15. The van der Waals surface area contributed by atoms with Gasteiger partial charge in [0.15, 0.2) is 0 Å². The predicted molar refractivity (Wildman–Crippen MR) is 94.2 cm³/mol. The SMILES string of the molecule is CS(=O)(=O)c1nnc(CN2CC(=O)Nc3cccc4c3C2CCC4)s1. The molecular weight excluding hydrogens is 360 g/mol. The Morgan fingerprint density at radius 2 is 2.20 bits per heavy atom. The largest absolute Gasteiger partial charge is 0.325 e. The number of nitrogens with zero attached hydrogens (tertiary/aromatic N) is 3. The molecule has 25 heavy (non-hydrogen) atoms. The van der Waals surface area contributed by atoms with E-state index in [0.717, 1.165) is 42.5 Å². The maximum Gasteiger partial charge on any atom is 0.238 e. The van der Waals surface area contributed by atoms with Crippen molar-refractivity contribution in [2.24, 2.45) is 0 Å². The molecule has 1 aliphatic heterocycles. The Morgan fingerprint density at radius 3 is 2.96 bits per heavy atom. The van der Waals surface area contributed by atoms with E-state index < -0.39 is 9.84 Å². The lowest BCUT2D eigenvalue weighted by Crippen LogP contribution is -2.34. The minimum Gasteiger partial charge on any atom is -0.325 e. The monoisotopic (exact) mass is 378 g/mol. The molecule has 132 valence electrons. The van der Waals surface area contributed by atoms with Gasteiger partial charge in [0.25, 0.3) is 0 Å². The molecule has 2 aliphatic rings. The maximum absolute atomic E-state index is 12.3. The van der Waals surface area contributed by atoms with Crippen molar-refractivity contribution in [1.82, 2.24) is 15.1 Å². The third-order valence-corrected chi connectivity index (χ3v) is 7.20. The van der Waals surface area contributed by atoms with Crippen LogP contribution >= 0.6 is 11.3 Å². The van der Waals surface area contributed by atoms with Crippen LogP contribution in [0.15, 0.2) is 22.5 Å². The zero-order chi connectivity index (χ0) is 17.6. The van der Waals surface area contributed by atoms with Crippen LogP contribution in [0.25, 0.3) is 0 Å². The number of sulfone groups is 1. The zero-order valence-corrected chi connectivity index (χ0v) is 15.4. The topological polar surface area (TPSA) is 92.3 Å². The molecule has 4 rings (SSSR count). The molecule has 0 radical (unpaired) electrons. The Kier molecular flexibility index (Phi) is 4.09. The van der Waals surface area contributed by atoms with Crippen molar-refractivity contribution in [1.29, 1.82) is 0 Å². The number of nitrogens with one attached hydrogen (secondary N) is 1. The molecule has 9 heteroatoms. The normalized spacial score (nSPS) is 20.7. The molecule has 0 fully saturated rings. The third-order valence-electron chi connectivity index (χ3n) is 4.62. The van der Waals surface area contributed by atoms with Crippen LogP contribution in [0.1, 0.15) is 35.0 Å². The standard InChI is InChI=1S/C16H18N4O3S2/c1-25(22,23)16-19-18-14(24-16)9-20-8-13(21)17-11-6-2-4-10-5-3-7-12(20)15(10)11/h2,4,6,12H,3,5,7-9H2,1H3,(H,17,21). The third kappa shape index (κ3) is 3.19. The van der Waals surface area contributed by atoms with Crippen LogP contribution < -0.4 is 5.32 Å². The second-order valence-electron chi connectivity index (χ2n) is 6.47. The average Bonchev–Trinajstić information content (AvgIpc) is 2.98. The first-order chi connectivity index (χ1) is 11.9. The van der Waals surface area contributed by atoms with Gasteiger partial charge in [-0.1, -0.05) is 23.5 Å². The van der Waals surface area contributed by atoms with E-state index in [0.29, 0.717) is 11.6 Å². The molecule has 0 bridgehead atoms. The summed E-state index contributed by atoms with van der Waals surface area (Å²) in [6.45, 7) is 0.672. The smallest absolute Gasteiger partial charge is 0.238 e. The number of hydrogen-bond donors (Lipinski definition) is 1. The van der Waals surface area contributed by atoms with Gasteiger partial charge in [0.05, 0.1) is 13.1 Å². The fourth-order valence-corrected chi connectivity index (χ4v) is 5.28. The average molecular weight is 378 g/mol. The molecular formula is C16H18N4O3S2. The highest BCUT2D eigenvalue weighted by atomic mass is 32.2. The van der Waals surface area contributed by atoms with Gasteiger partial charge < -0.3 is 5.32 Å². The fourth-order valence-electron chi connectivity index (χ4n) is 3.61. The molecule has 2 heterocycles. The molecule has 7 nitrogen and oxygen atoms in total. The first-order valence-electron chi connectivity index (χ1n) is 8.10. The van der Waals surface area contributed by atoms with Gasteiger partial charge in [0.2, 0.25) is 20.1 Å². The van der Waals surface area contributed by atoms with Gasteiger partial charge in [-0.3, -0.25) is 9.69 Å². The Balaban J connectivity index is 1.69. The number of hydrogen-bond acceptors (Lipinski definition) is 7. The van der Waals surface area contributed by atoms with E-state index in [1.807, 2.05) is 12.1 Å². The summed E-state index contributed by atoms with van der Waals surface area (Å²) in [6, 6.07) is 6.18. The number of anilines is 1. The molecule has 1 aliphatic carbocycles. The number of amides is 1. The number of aromatic nitrogens is 2. The van der Waals surface area contributed by atoms with E-state index in [1.54, 1.807) is 0 Å². The predicted octanol–water partition coefficient (Wildman–Crippen LogP) is 1.77. The van der Waals surface area contributed by atoms with Crippen LogP contribution in [0.4, 0.5) is 5.69 Å². The van der Waals surface area contributed by atoms with Crippen LogP contribution in [-0.2, 0) is 27.6 Å². The van der Waals surface area contributed by atoms with Crippen LogP contribution in [0, 0.1) is 0 Å². The van der Waals surface area contributed by atoms with Crippen molar-refractivity contribution in [3.8, 4) is 0 Å². The summed E-state index contributed by atoms with van der Waals surface area (Å²) >= 11 is 1.07. The first kappa shape index (κ1) is 16.6. The van der Waals surface area contributed by atoms with Gasteiger partial charge in [0, 0.05) is 18.0 Å². The van der Waals surface area contributed by atoms with E-state index >= 15 is 0 Å². The number of carbonyl (C=O) groups excluding carboxylic acids is 1. The van der Waals surface area contributed by atoms with Gasteiger partial charge >= 0.3 is 0 Å². The van der Waals surface area contributed by atoms with Crippen molar-refractivity contribution >= 4 is 32.8 Å². The molecule has 1 unspecified atom stereocenters. The minimum absolute atomic E-state index is 0.0199. The highest BCUT2D eigenvalue weighted by molar-refractivity contribution is 7.92. The molecule has 0 saturated carbocycles. The van der Waals surface area contributed by atoms with E-state index in [1.165, 1.54) is 11.1 Å². The first-order valence-corrected chi connectivity index (χ1v) is 10.8. The molecule has 0 saturated heterocycles.